The summed E-state index contributed by atoms with van der Waals surface area (Å²) in [5.41, 5.74) is 2.63. The molecule has 1 fully saturated rings. The van der Waals surface area contributed by atoms with Crippen LogP contribution in [-0.4, -0.2) is 25.0 Å². The predicted molar refractivity (Wildman–Crippen MR) is 64.7 cm³/mol. The van der Waals surface area contributed by atoms with Crippen molar-refractivity contribution in [1.82, 2.24) is 5.32 Å². The Kier molecular flexibility index (Phi) is 2.95. The maximum atomic E-state index is 12.3. The van der Waals surface area contributed by atoms with Crippen LogP contribution in [0.4, 0.5) is 0 Å². The van der Waals surface area contributed by atoms with E-state index in [1.807, 2.05) is 12.1 Å². The average Bonchev–Trinajstić information content (AvgIpc) is 2.91. The molecular weight excluding hydrogens is 214 g/mol. The van der Waals surface area contributed by atoms with Crippen LogP contribution in [0.25, 0.3) is 0 Å². The number of hydrogen-bond acceptors (Lipinski definition) is 3. The highest BCUT2D eigenvalue weighted by molar-refractivity contribution is 5.87. The van der Waals surface area contributed by atoms with E-state index in [1.165, 1.54) is 11.1 Å². The second-order valence-electron chi connectivity index (χ2n) is 4.87. The SMILES string of the molecule is O=C(C1CCOC1)C1Cc2ccccc2CN1. The number of rotatable bonds is 2. The van der Waals surface area contributed by atoms with Crippen LogP contribution in [0.2, 0.25) is 0 Å². The normalized spacial score (nSPS) is 27.8. The molecule has 0 saturated carbocycles. The summed E-state index contributed by atoms with van der Waals surface area (Å²) in [5.74, 6) is 0.440. The molecule has 3 heteroatoms. The molecule has 17 heavy (non-hydrogen) atoms. The van der Waals surface area contributed by atoms with Gasteiger partial charge in [0.05, 0.1) is 12.6 Å². The molecule has 2 atom stereocenters. The Hall–Kier alpha value is -1.19. The van der Waals surface area contributed by atoms with Gasteiger partial charge in [0.2, 0.25) is 0 Å². The summed E-state index contributed by atoms with van der Waals surface area (Å²) < 4.78 is 5.29. The van der Waals surface area contributed by atoms with E-state index in [-0.39, 0.29) is 12.0 Å². The van der Waals surface area contributed by atoms with Gasteiger partial charge in [0.1, 0.15) is 0 Å². The van der Waals surface area contributed by atoms with E-state index in [0.29, 0.717) is 12.4 Å². The van der Waals surface area contributed by atoms with E-state index in [0.717, 1.165) is 26.0 Å². The lowest BCUT2D eigenvalue weighted by Crippen LogP contribution is -2.44. The zero-order valence-corrected chi connectivity index (χ0v) is 9.82. The maximum absolute atomic E-state index is 12.3. The minimum absolute atomic E-state index is 0.0170. The minimum Gasteiger partial charge on any atom is -0.381 e. The van der Waals surface area contributed by atoms with Gasteiger partial charge < -0.3 is 10.1 Å². The maximum Gasteiger partial charge on any atom is 0.155 e. The number of hydrogen-bond donors (Lipinski definition) is 1. The van der Waals surface area contributed by atoms with Gasteiger partial charge in [-0.25, -0.2) is 0 Å². The molecule has 0 amide bonds. The van der Waals surface area contributed by atoms with Gasteiger partial charge in [-0.05, 0) is 24.0 Å². The number of ether oxygens (including phenoxy) is 1. The molecule has 1 aromatic rings. The smallest absolute Gasteiger partial charge is 0.155 e. The highest BCUT2D eigenvalue weighted by Gasteiger charge is 2.31. The third kappa shape index (κ3) is 2.13. The molecule has 0 aromatic heterocycles. The number of benzene rings is 1. The van der Waals surface area contributed by atoms with E-state index in [9.17, 15) is 4.79 Å². The standard InChI is InChI=1S/C14H17NO2/c16-14(12-5-6-17-9-12)13-7-10-3-1-2-4-11(10)8-15-13/h1-4,12-13,15H,5-9H2. The lowest BCUT2D eigenvalue weighted by molar-refractivity contribution is -0.125. The summed E-state index contributed by atoms with van der Waals surface area (Å²) in [4.78, 5) is 12.3. The van der Waals surface area contributed by atoms with Gasteiger partial charge in [0.15, 0.2) is 5.78 Å². The molecule has 90 valence electrons. The Morgan fingerprint density at radius 3 is 2.88 bits per heavy atom. The third-order valence-corrected chi connectivity index (χ3v) is 3.76. The molecule has 2 heterocycles. The first-order chi connectivity index (χ1) is 8.34. The van der Waals surface area contributed by atoms with Crippen LogP contribution in [-0.2, 0) is 22.5 Å². The van der Waals surface area contributed by atoms with Gasteiger partial charge in [-0.1, -0.05) is 24.3 Å². The van der Waals surface area contributed by atoms with Crippen molar-refractivity contribution in [2.24, 2.45) is 5.92 Å². The van der Waals surface area contributed by atoms with Crippen molar-refractivity contribution in [3.63, 3.8) is 0 Å². The molecule has 2 unspecified atom stereocenters. The largest absolute Gasteiger partial charge is 0.381 e. The topological polar surface area (TPSA) is 38.3 Å². The molecule has 2 aliphatic rings. The molecule has 1 N–H and O–H groups in total. The summed E-state index contributed by atoms with van der Waals surface area (Å²) in [6.07, 6.45) is 1.71. The summed E-state index contributed by atoms with van der Waals surface area (Å²) in [6.45, 7) is 2.15. The Bertz CT molecular complexity index is 424. The average molecular weight is 231 g/mol. The van der Waals surface area contributed by atoms with Crippen LogP contribution in [0, 0.1) is 5.92 Å². The van der Waals surface area contributed by atoms with E-state index >= 15 is 0 Å². The first kappa shape index (κ1) is 10.9. The first-order valence-electron chi connectivity index (χ1n) is 6.26. The molecule has 1 saturated heterocycles. The predicted octanol–water partition coefficient (Wildman–Crippen LogP) is 1.31. The molecule has 0 bridgehead atoms. The van der Waals surface area contributed by atoms with Gasteiger partial charge in [0, 0.05) is 19.1 Å². The van der Waals surface area contributed by atoms with Crippen molar-refractivity contribution in [2.75, 3.05) is 13.2 Å². The number of ketones is 1. The Morgan fingerprint density at radius 2 is 2.12 bits per heavy atom. The van der Waals surface area contributed by atoms with Gasteiger partial charge in [-0.2, -0.15) is 0 Å². The molecule has 0 spiro atoms. The number of nitrogens with one attached hydrogen (secondary N) is 1. The van der Waals surface area contributed by atoms with E-state index in [4.69, 9.17) is 4.74 Å². The van der Waals surface area contributed by atoms with Crippen molar-refractivity contribution < 1.29 is 9.53 Å². The van der Waals surface area contributed by atoms with Gasteiger partial charge in [0.25, 0.3) is 0 Å². The number of carbonyl (C=O) groups excluding carboxylic acids is 1. The fourth-order valence-corrected chi connectivity index (χ4v) is 2.70. The van der Waals surface area contributed by atoms with Crippen molar-refractivity contribution in [3.05, 3.63) is 35.4 Å². The Balaban J connectivity index is 1.73. The summed E-state index contributed by atoms with van der Waals surface area (Å²) in [6, 6.07) is 8.33. The molecule has 0 radical (unpaired) electrons. The second-order valence-corrected chi connectivity index (χ2v) is 4.87. The third-order valence-electron chi connectivity index (χ3n) is 3.76. The molecule has 1 aromatic carbocycles. The van der Waals surface area contributed by atoms with Crippen molar-refractivity contribution in [3.8, 4) is 0 Å². The number of carbonyl (C=O) groups is 1. The summed E-state index contributed by atoms with van der Waals surface area (Å²) in [5, 5.41) is 3.35. The van der Waals surface area contributed by atoms with E-state index in [1.54, 1.807) is 0 Å². The van der Waals surface area contributed by atoms with E-state index < -0.39 is 0 Å². The van der Waals surface area contributed by atoms with Crippen molar-refractivity contribution in [2.45, 2.75) is 25.4 Å². The van der Waals surface area contributed by atoms with Gasteiger partial charge in [-0.15, -0.1) is 0 Å². The number of fused-ring (bicyclic) bond motifs is 1. The summed E-state index contributed by atoms with van der Waals surface area (Å²) in [7, 11) is 0. The monoisotopic (exact) mass is 231 g/mol. The van der Waals surface area contributed by atoms with Gasteiger partial charge in [-0.3, -0.25) is 4.79 Å². The molecule has 3 rings (SSSR count). The summed E-state index contributed by atoms with van der Waals surface area (Å²) >= 11 is 0. The zero-order chi connectivity index (χ0) is 11.7. The Labute approximate surface area is 101 Å². The fraction of sp³-hybridized carbons (Fsp3) is 0.500. The van der Waals surface area contributed by atoms with Crippen LogP contribution in [0.15, 0.2) is 24.3 Å². The lowest BCUT2D eigenvalue weighted by Gasteiger charge is -2.26. The van der Waals surface area contributed by atoms with Crippen LogP contribution in [0.5, 0.6) is 0 Å². The van der Waals surface area contributed by atoms with Gasteiger partial charge >= 0.3 is 0 Å². The zero-order valence-electron chi connectivity index (χ0n) is 9.82. The quantitative estimate of drug-likeness (QED) is 0.834. The lowest BCUT2D eigenvalue weighted by atomic mass is 9.88. The molecule has 0 aliphatic carbocycles. The second kappa shape index (κ2) is 4.59. The fourth-order valence-electron chi connectivity index (χ4n) is 2.70. The highest BCUT2D eigenvalue weighted by Crippen LogP contribution is 2.21. The Morgan fingerprint density at radius 1 is 1.29 bits per heavy atom. The number of Topliss-reactive ketones (excluding diaryl/α,β-unsaturated/α-hetero) is 1. The van der Waals surface area contributed by atoms with Crippen LogP contribution in [0.1, 0.15) is 17.5 Å². The molecular formula is C14H17NO2. The highest BCUT2D eigenvalue weighted by atomic mass is 16.5. The molecule has 2 aliphatic heterocycles. The van der Waals surface area contributed by atoms with Crippen molar-refractivity contribution in [1.29, 1.82) is 0 Å². The van der Waals surface area contributed by atoms with Crippen LogP contribution >= 0.6 is 0 Å². The first-order valence-corrected chi connectivity index (χ1v) is 6.26. The molecule has 3 nitrogen and oxygen atoms in total. The van der Waals surface area contributed by atoms with Crippen molar-refractivity contribution >= 4 is 5.78 Å². The minimum atomic E-state index is -0.0170. The van der Waals surface area contributed by atoms with E-state index in [2.05, 4.69) is 17.4 Å². The van der Waals surface area contributed by atoms with Crippen LogP contribution in [0.3, 0.4) is 0 Å². The van der Waals surface area contributed by atoms with Crippen LogP contribution < -0.4 is 5.32 Å².